The van der Waals surface area contributed by atoms with E-state index in [1.165, 1.54) is 19.3 Å². The first-order chi connectivity index (χ1) is 10.7. The number of aliphatic hydroxyl groups excluding tert-OH is 1. The zero-order valence-corrected chi connectivity index (χ0v) is 14.0. The molecule has 0 spiro atoms. The van der Waals surface area contributed by atoms with E-state index < -0.39 is 0 Å². The number of hydrogen-bond acceptors (Lipinski definition) is 3. The number of aryl methyl sites for hydroxylation is 1. The lowest BCUT2D eigenvalue weighted by Crippen LogP contribution is -2.34. The average molecular weight is 342 g/mol. The summed E-state index contributed by atoms with van der Waals surface area (Å²) in [5, 5.41) is 14.1. The van der Waals surface area contributed by atoms with Gasteiger partial charge in [-0.05, 0) is 44.4 Å². The van der Waals surface area contributed by atoms with Gasteiger partial charge in [-0.2, -0.15) is 0 Å². The first kappa shape index (κ1) is 16.1. The lowest BCUT2D eigenvalue weighted by atomic mass is 10.0. The molecule has 2 N–H and O–H groups in total. The van der Waals surface area contributed by atoms with Crippen LogP contribution in [0.4, 0.5) is 0 Å². The predicted molar refractivity (Wildman–Crippen MR) is 90.6 cm³/mol. The number of nitrogens with one attached hydrogen (secondary N) is 1. The molecule has 0 bridgehead atoms. The van der Waals surface area contributed by atoms with Crippen LogP contribution >= 0.6 is 23.2 Å². The molecule has 0 aliphatic carbocycles. The first-order valence-electron chi connectivity index (χ1n) is 7.87. The molecule has 1 unspecified atom stereocenters. The van der Waals surface area contributed by atoms with Crippen molar-refractivity contribution >= 4 is 34.2 Å². The number of rotatable bonds is 5. The van der Waals surface area contributed by atoms with Crippen molar-refractivity contribution in [1.29, 1.82) is 0 Å². The van der Waals surface area contributed by atoms with Gasteiger partial charge in [0.25, 0.3) is 0 Å². The highest BCUT2D eigenvalue weighted by atomic mass is 35.5. The summed E-state index contributed by atoms with van der Waals surface area (Å²) in [6.07, 6.45) is 6.07. The van der Waals surface area contributed by atoms with Crippen LogP contribution in [0.5, 0.6) is 0 Å². The summed E-state index contributed by atoms with van der Waals surface area (Å²) in [6, 6.07) is 4.22. The van der Waals surface area contributed by atoms with E-state index in [-0.39, 0.29) is 6.61 Å². The van der Waals surface area contributed by atoms with Gasteiger partial charge in [-0.1, -0.05) is 29.6 Å². The van der Waals surface area contributed by atoms with Gasteiger partial charge in [-0.15, -0.1) is 0 Å². The van der Waals surface area contributed by atoms with Crippen LogP contribution in [0.2, 0.25) is 10.0 Å². The van der Waals surface area contributed by atoms with Gasteiger partial charge in [0.2, 0.25) is 0 Å². The summed E-state index contributed by atoms with van der Waals surface area (Å²) in [6.45, 7) is 1.89. The van der Waals surface area contributed by atoms with Crippen molar-refractivity contribution in [1.82, 2.24) is 14.9 Å². The highest BCUT2D eigenvalue weighted by molar-refractivity contribution is 6.42. The molecular weight excluding hydrogens is 321 g/mol. The van der Waals surface area contributed by atoms with Gasteiger partial charge in [0.05, 0.1) is 21.1 Å². The second-order valence-electron chi connectivity index (χ2n) is 5.88. The molecule has 1 aliphatic heterocycles. The summed E-state index contributed by atoms with van der Waals surface area (Å²) in [5.74, 6) is 0.671. The normalized spacial score (nSPS) is 19.0. The molecule has 2 aromatic rings. The second-order valence-corrected chi connectivity index (χ2v) is 6.70. The van der Waals surface area contributed by atoms with Crippen LogP contribution in [0.3, 0.4) is 0 Å². The molecule has 1 fully saturated rings. The summed E-state index contributed by atoms with van der Waals surface area (Å²) >= 11 is 12.2. The minimum Gasteiger partial charge on any atom is -0.388 e. The van der Waals surface area contributed by atoms with Gasteiger partial charge < -0.3 is 15.0 Å². The van der Waals surface area contributed by atoms with Crippen molar-refractivity contribution in [3.8, 4) is 0 Å². The van der Waals surface area contributed by atoms with Crippen LogP contribution in [-0.2, 0) is 13.2 Å². The third-order valence-electron chi connectivity index (χ3n) is 4.36. The Balaban J connectivity index is 1.75. The largest absolute Gasteiger partial charge is 0.388 e. The van der Waals surface area contributed by atoms with E-state index in [1.54, 1.807) is 6.07 Å². The zero-order chi connectivity index (χ0) is 15.5. The maximum atomic E-state index is 9.54. The van der Waals surface area contributed by atoms with Crippen LogP contribution in [0.25, 0.3) is 11.0 Å². The Hall–Kier alpha value is -0.810. The number of aromatic nitrogens is 2. The number of benzene rings is 1. The van der Waals surface area contributed by atoms with Gasteiger partial charge in [0.15, 0.2) is 0 Å². The van der Waals surface area contributed by atoms with E-state index in [0.29, 0.717) is 21.9 Å². The van der Waals surface area contributed by atoms with Crippen molar-refractivity contribution < 1.29 is 5.11 Å². The van der Waals surface area contributed by atoms with Crippen LogP contribution < -0.4 is 5.32 Å². The summed E-state index contributed by atoms with van der Waals surface area (Å²) < 4.78 is 2.06. The SMILES string of the molecule is OCc1nc2cc(Cl)c(Cl)cc2n1CCCC1CCCCN1. The molecule has 2 heterocycles. The molecule has 1 atom stereocenters. The molecule has 1 aromatic carbocycles. The number of hydrogen-bond donors (Lipinski definition) is 2. The Morgan fingerprint density at radius 2 is 2.09 bits per heavy atom. The average Bonchev–Trinajstić information content (AvgIpc) is 2.86. The Morgan fingerprint density at radius 3 is 2.82 bits per heavy atom. The van der Waals surface area contributed by atoms with E-state index in [9.17, 15) is 5.11 Å². The third kappa shape index (κ3) is 3.40. The van der Waals surface area contributed by atoms with Crippen LogP contribution in [0.15, 0.2) is 12.1 Å². The molecule has 1 saturated heterocycles. The van der Waals surface area contributed by atoms with Gasteiger partial charge in [0, 0.05) is 12.6 Å². The highest BCUT2D eigenvalue weighted by Crippen LogP contribution is 2.28. The smallest absolute Gasteiger partial charge is 0.135 e. The lowest BCUT2D eigenvalue weighted by Gasteiger charge is -2.23. The number of aliphatic hydroxyl groups is 1. The number of halogens is 2. The van der Waals surface area contributed by atoms with Gasteiger partial charge in [-0.25, -0.2) is 4.98 Å². The Morgan fingerprint density at radius 1 is 1.27 bits per heavy atom. The first-order valence-corrected chi connectivity index (χ1v) is 8.63. The van der Waals surface area contributed by atoms with Crippen molar-refractivity contribution in [2.75, 3.05) is 6.54 Å². The minimum absolute atomic E-state index is 0.0778. The monoisotopic (exact) mass is 341 g/mol. The van der Waals surface area contributed by atoms with Crippen molar-refractivity contribution in [3.05, 3.63) is 28.0 Å². The molecule has 0 amide bonds. The molecule has 0 saturated carbocycles. The van der Waals surface area contributed by atoms with Crippen LogP contribution in [0, 0.1) is 0 Å². The maximum Gasteiger partial charge on any atom is 0.135 e. The van der Waals surface area contributed by atoms with E-state index >= 15 is 0 Å². The van der Waals surface area contributed by atoms with Gasteiger partial charge in [0.1, 0.15) is 12.4 Å². The second kappa shape index (κ2) is 7.18. The number of nitrogens with zero attached hydrogens (tertiary/aromatic N) is 2. The molecular formula is C16H21Cl2N3O. The fourth-order valence-corrected chi connectivity index (χ4v) is 3.52. The molecule has 6 heteroatoms. The molecule has 3 rings (SSSR count). The Kier molecular flexibility index (Phi) is 5.24. The summed E-state index contributed by atoms with van der Waals surface area (Å²) in [7, 11) is 0. The van der Waals surface area contributed by atoms with Gasteiger partial charge in [-0.3, -0.25) is 0 Å². The predicted octanol–water partition coefficient (Wildman–Crippen LogP) is 3.76. The minimum atomic E-state index is -0.0778. The number of fused-ring (bicyclic) bond motifs is 1. The standard InChI is InChI=1S/C16H21Cl2N3O/c17-12-8-14-15(9-13(12)18)21(16(10-22)20-14)7-3-5-11-4-1-2-6-19-11/h8-9,11,19,22H,1-7,10H2. The van der Waals surface area contributed by atoms with E-state index in [2.05, 4.69) is 14.9 Å². The van der Waals surface area contributed by atoms with Crippen molar-refractivity contribution in [3.63, 3.8) is 0 Å². The number of imidazole rings is 1. The zero-order valence-electron chi connectivity index (χ0n) is 12.5. The van der Waals surface area contributed by atoms with Crippen LogP contribution in [0.1, 0.15) is 37.9 Å². The summed E-state index contributed by atoms with van der Waals surface area (Å²) in [4.78, 5) is 4.45. The molecule has 1 aliphatic rings. The Bertz CT molecular complexity index is 650. The Labute approximate surface area is 140 Å². The molecule has 120 valence electrons. The molecule has 4 nitrogen and oxygen atoms in total. The number of piperidine rings is 1. The fourth-order valence-electron chi connectivity index (χ4n) is 3.21. The highest BCUT2D eigenvalue weighted by Gasteiger charge is 2.15. The van der Waals surface area contributed by atoms with Gasteiger partial charge >= 0.3 is 0 Å². The van der Waals surface area contributed by atoms with E-state index in [0.717, 1.165) is 37.0 Å². The molecule has 22 heavy (non-hydrogen) atoms. The topological polar surface area (TPSA) is 50.1 Å². The van der Waals surface area contributed by atoms with E-state index in [4.69, 9.17) is 23.2 Å². The molecule has 0 radical (unpaired) electrons. The quantitative estimate of drug-likeness (QED) is 0.870. The molecule has 1 aromatic heterocycles. The third-order valence-corrected chi connectivity index (χ3v) is 5.08. The van der Waals surface area contributed by atoms with Crippen molar-refractivity contribution in [2.45, 2.75) is 51.3 Å². The van der Waals surface area contributed by atoms with E-state index in [1.807, 2.05) is 6.07 Å². The fraction of sp³-hybridized carbons (Fsp3) is 0.562. The van der Waals surface area contributed by atoms with Crippen molar-refractivity contribution in [2.24, 2.45) is 0 Å². The lowest BCUT2D eigenvalue weighted by molar-refractivity contribution is 0.264. The van der Waals surface area contributed by atoms with Crippen LogP contribution in [-0.4, -0.2) is 27.2 Å². The maximum absolute atomic E-state index is 9.54. The summed E-state index contributed by atoms with van der Waals surface area (Å²) in [5.41, 5.74) is 1.73.